The number of sulfone groups is 2. The third-order valence-electron chi connectivity index (χ3n) is 4.71. The Bertz CT molecular complexity index is 1270. The van der Waals surface area contributed by atoms with Crippen molar-refractivity contribution in [3.8, 4) is 0 Å². The summed E-state index contributed by atoms with van der Waals surface area (Å²) in [5, 5.41) is 0. The number of aromatic nitrogens is 1. The summed E-state index contributed by atoms with van der Waals surface area (Å²) in [5.41, 5.74) is 0.958. The summed E-state index contributed by atoms with van der Waals surface area (Å²) in [4.78, 5) is 12.6. The molecule has 0 atom stereocenters. The fourth-order valence-electron chi connectivity index (χ4n) is 3.22. The van der Waals surface area contributed by atoms with Crippen molar-refractivity contribution in [2.45, 2.75) is 30.6 Å². The molecule has 2 heterocycles. The minimum absolute atomic E-state index is 0.140. The standard InChI is InChI=1S/C20H21NO5S2/c1-4-27(23,24)19-16-14(3)10-9-13-21(16)17(20(19)28(25,26)5-2)18(22)15-11-7-6-8-12-15/h6-13H,4-5H2,1-3H3. The molecule has 6 nitrogen and oxygen atoms in total. The number of carbonyl (C=O) groups is 1. The SMILES string of the molecule is CCS(=O)(=O)c1c(S(=O)(=O)CC)c2c(C)cccn2c1C(=O)c1ccccc1. The molecule has 0 aliphatic rings. The monoisotopic (exact) mass is 419 g/mol. The first-order chi connectivity index (χ1) is 13.2. The van der Waals surface area contributed by atoms with Gasteiger partial charge in [-0.1, -0.05) is 50.2 Å². The number of aryl methyl sites for hydroxylation is 1. The van der Waals surface area contributed by atoms with E-state index < -0.39 is 30.4 Å². The van der Waals surface area contributed by atoms with Gasteiger partial charge in [0.1, 0.15) is 15.5 Å². The zero-order valence-corrected chi connectivity index (χ0v) is 17.5. The van der Waals surface area contributed by atoms with E-state index in [4.69, 9.17) is 0 Å². The Hall–Kier alpha value is -2.45. The van der Waals surface area contributed by atoms with Gasteiger partial charge in [-0.3, -0.25) is 4.79 Å². The number of carbonyl (C=O) groups excluding carboxylic acids is 1. The molecule has 28 heavy (non-hydrogen) atoms. The lowest BCUT2D eigenvalue weighted by Crippen LogP contribution is -2.15. The third-order valence-corrected chi connectivity index (χ3v) is 8.39. The van der Waals surface area contributed by atoms with Crippen LogP contribution in [0.1, 0.15) is 35.5 Å². The summed E-state index contributed by atoms with van der Waals surface area (Å²) in [6.07, 6.45) is 1.53. The Morgan fingerprint density at radius 2 is 1.43 bits per heavy atom. The van der Waals surface area contributed by atoms with Gasteiger partial charge in [0.25, 0.3) is 0 Å². The Labute approximate surface area is 164 Å². The summed E-state index contributed by atoms with van der Waals surface area (Å²) >= 11 is 0. The minimum Gasteiger partial charge on any atom is -0.311 e. The van der Waals surface area contributed by atoms with E-state index in [0.717, 1.165) is 0 Å². The molecule has 0 saturated heterocycles. The van der Waals surface area contributed by atoms with Crippen LogP contribution in [-0.2, 0) is 19.7 Å². The van der Waals surface area contributed by atoms with Crippen molar-refractivity contribution in [3.05, 3.63) is 65.5 Å². The first-order valence-corrected chi connectivity index (χ1v) is 12.1. The van der Waals surface area contributed by atoms with Gasteiger partial charge in [-0.25, -0.2) is 16.8 Å². The van der Waals surface area contributed by atoms with E-state index in [2.05, 4.69) is 0 Å². The number of pyridine rings is 1. The predicted molar refractivity (Wildman–Crippen MR) is 107 cm³/mol. The molecular formula is C20H21NO5S2. The van der Waals surface area contributed by atoms with Crippen LogP contribution in [0.3, 0.4) is 0 Å². The largest absolute Gasteiger partial charge is 0.311 e. The van der Waals surface area contributed by atoms with Crippen LogP contribution in [0.2, 0.25) is 0 Å². The normalized spacial score (nSPS) is 12.4. The Morgan fingerprint density at radius 1 is 0.857 bits per heavy atom. The molecule has 0 saturated carbocycles. The fraction of sp³-hybridized carbons (Fsp3) is 0.250. The smallest absolute Gasteiger partial charge is 0.211 e. The molecule has 0 aliphatic carbocycles. The summed E-state index contributed by atoms with van der Waals surface area (Å²) < 4.78 is 53.3. The van der Waals surface area contributed by atoms with Crippen LogP contribution < -0.4 is 0 Å². The molecule has 0 unspecified atom stereocenters. The van der Waals surface area contributed by atoms with Crippen LogP contribution in [0, 0.1) is 6.92 Å². The van der Waals surface area contributed by atoms with Gasteiger partial charge in [-0.15, -0.1) is 0 Å². The summed E-state index contributed by atoms with van der Waals surface area (Å²) in [7, 11) is -7.92. The molecule has 0 amide bonds. The molecule has 148 valence electrons. The number of benzene rings is 1. The van der Waals surface area contributed by atoms with Crippen LogP contribution >= 0.6 is 0 Å². The van der Waals surface area contributed by atoms with Gasteiger partial charge in [-0.2, -0.15) is 0 Å². The van der Waals surface area contributed by atoms with Gasteiger partial charge in [0.05, 0.1) is 17.0 Å². The number of nitrogens with zero attached hydrogens (tertiary/aromatic N) is 1. The van der Waals surface area contributed by atoms with Crippen molar-refractivity contribution in [2.24, 2.45) is 0 Å². The van der Waals surface area contributed by atoms with Crippen molar-refractivity contribution in [1.29, 1.82) is 0 Å². The maximum atomic E-state index is 13.3. The van der Waals surface area contributed by atoms with Crippen molar-refractivity contribution in [1.82, 2.24) is 4.40 Å². The second-order valence-electron chi connectivity index (χ2n) is 6.42. The van der Waals surface area contributed by atoms with Gasteiger partial charge in [0.15, 0.2) is 19.7 Å². The minimum atomic E-state index is -4.01. The topological polar surface area (TPSA) is 89.8 Å². The first kappa shape index (κ1) is 20.3. The van der Waals surface area contributed by atoms with Gasteiger partial charge < -0.3 is 4.40 Å². The highest BCUT2D eigenvalue weighted by Crippen LogP contribution is 2.36. The molecule has 0 spiro atoms. The molecular weight excluding hydrogens is 398 g/mol. The number of fused-ring (bicyclic) bond motifs is 1. The Morgan fingerprint density at radius 3 is 2.00 bits per heavy atom. The fourth-order valence-corrected chi connectivity index (χ4v) is 6.36. The van der Waals surface area contributed by atoms with Crippen molar-refractivity contribution < 1.29 is 21.6 Å². The quantitative estimate of drug-likeness (QED) is 0.573. The number of ketones is 1. The maximum Gasteiger partial charge on any atom is 0.211 e. The molecule has 0 radical (unpaired) electrons. The molecule has 3 rings (SSSR count). The summed E-state index contributed by atoms with van der Waals surface area (Å²) in [6.45, 7) is 4.59. The highest BCUT2D eigenvalue weighted by molar-refractivity contribution is 7.94. The van der Waals surface area contributed by atoms with Crippen LogP contribution in [0.15, 0.2) is 58.5 Å². The van der Waals surface area contributed by atoms with E-state index in [9.17, 15) is 21.6 Å². The highest BCUT2D eigenvalue weighted by atomic mass is 32.2. The molecule has 0 aliphatic heterocycles. The van der Waals surface area contributed by atoms with E-state index >= 15 is 0 Å². The molecule has 2 aromatic heterocycles. The molecule has 0 fully saturated rings. The average molecular weight is 420 g/mol. The van der Waals surface area contributed by atoms with Crippen LogP contribution in [0.25, 0.3) is 5.52 Å². The van der Waals surface area contributed by atoms with E-state index in [1.54, 1.807) is 49.4 Å². The predicted octanol–water partition coefficient (Wildman–Crippen LogP) is 3.07. The maximum absolute atomic E-state index is 13.3. The lowest BCUT2D eigenvalue weighted by molar-refractivity contribution is 0.103. The van der Waals surface area contributed by atoms with Gasteiger partial charge >= 0.3 is 0 Å². The molecule has 0 N–H and O–H groups in total. The van der Waals surface area contributed by atoms with E-state index in [1.165, 1.54) is 24.4 Å². The Balaban J connectivity index is 2.60. The van der Waals surface area contributed by atoms with E-state index in [-0.39, 0.29) is 33.2 Å². The van der Waals surface area contributed by atoms with E-state index in [0.29, 0.717) is 5.56 Å². The zero-order valence-electron chi connectivity index (χ0n) is 15.8. The van der Waals surface area contributed by atoms with Gasteiger partial charge in [0.2, 0.25) is 5.78 Å². The van der Waals surface area contributed by atoms with Crippen LogP contribution in [0.4, 0.5) is 0 Å². The summed E-state index contributed by atoms with van der Waals surface area (Å²) in [5.74, 6) is -1.12. The lowest BCUT2D eigenvalue weighted by atomic mass is 10.1. The van der Waals surface area contributed by atoms with Crippen LogP contribution in [-0.4, -0.2) is 38.5 Å². The van der Waals surface area contributed by atoms with E-state index in [1.807, 2.05) is 0 Å². The average Bonchev–Trinajstić information content (AvgIpc) is 3.06. The highest BCUT2D eigenvalue weighted by Gasteiger charge is 2.36. The zero-order chi connectivity index (χ0) is 20.7. The Kier molecular flexibility index (Phi) is 5.20. The second kappa shape index (κ2) is 7.18. The molecule has 1 aromatic carbocycles. The molecule has 8 heteroatoms. The van der Waals surface area contributed by atoms with Gasteiger partial charge in [0, 0.05) is 11.8 Å². The van der Waals surface area contributed by atoms with Crippen molar-refractivity contribution >= 4 is 31.0 Å². The number of hydrogen-bond acceptors (Lipinski definition) is 5. The van der Waals surface area contributed by atoms with Crippen molar-refractivity contribution in [3.63, 3.8) is 0 Å². The first-order valence-electron chi connectivity index (χ1n) is 8.84. The second-order valence-corrected chi connectivity index (χ2v) is 10.8. The molecule has 0 bridgehead atoms. The third kappa shape index (κ3) is 3.16. The lowest BCUT2D eigenvalue weighted by Gasteiger charge is -2.08. The molecule has 3 aromatic rings. The van der Waals surface area contributed by atoms with Gasteiger partial charge in [-0.05, 0) is 18.6 Å². The summed E-state index contributed by atoms with van der Waals surface area (Å²) in [6, 6.07) is 11.6. The van der Waals surface area contributed by atoms with Crippen LogP contribution in [0.5, 0.6) is 0 Å². The number of hydrogen-bond donors (Lipinski definition) is 0. The number of rotatable bonds is 6. The van der Waals surface area contributed by atoms with Crippen molar-refractivity contribution in [2.75, 3.05) is 11.5 Å².